The number of fused-ring (bicyclic) bond motifs is 1. The number of hydrogen-bond acceptors (Lipinski definition) is 2. The Hall–Kier alpha value is -1.64. The van der Waals surface area contributed by atoms with Crippen molar-refractivity contribution in [1.29, 1.82) is 0 Å². The normalized spacial score (nSPS) is 22.8. The van der Waals surface area contributed by atoms with E-state index in [4.69, 9.17) is 0 Å². The van der Waals surface area contributed by atoms with Crippen LogP contribution in [-0.4, -0.2) is 15.0 Å². The minimum atomic E-state index is 0.533. The van der Waals surface area contributed by atoms with E-state index in [9.17, 15) is 0 Å². The molecule has 0 amide bonds. The Morgan fingerprint density at radius 2 is 2.28 bits per heavy atom. The largest absolute Gasteiger partial charge is 0.348 e. The van der Waals surface area contributed by atoms with E-state index >= 15 is 0 Å². The Kier molecular flexibility index (Phi) is 2.90. The number of aryl methyl sites for hydroxylation is 2. The first-order chi connectivity index (χ1) is 8.75. The highest BCUT2D eigenvalue weighted by Crippen LogP contribution is 2.36. The van der Waals surface area contributed by atoms with E-state index in [1.807, 2.05) is 12.3 Å². The van der Waals surface area contributed by atoms with E-state index in [-0.39, 0.29) is 0 Å². The van der Waals surface area contributed by atoms with Gasteiger partial charge in [-0.25, -0.2) is 4.98 Å². The number of hydrogen-bond donors (Lipinski definition) is 1. The van der Waals surface area contributed by atoms with Crippen LogP contribution >= 0.6 is 0 Å². The highest BCUT2D eigenvalue weighted by molar-refractivity contribution is 5.27. The quantitative estimate of drug-likeness (QED) is 0.878. The molecule has 0 saturated carbocycles. The maximum atomic E-state index is 4.57. The molecule has 3 heteroatoms. The average Bonchev–Trinajstić information content (AvgIpc) is 2.79. The minimum absolute atomic E-state index is 0.533. The zero-order valence-electron chi connectivity index (χ0n) is 11.0. The molecule has 2 atom stereocenters. The Morgan fingerprint density at radius 1 is 1.39 bits per heavy atom. The monoisotopic (exact) mass is 241 g/mol. The van der Waals surface area contributed by atoms with Gasteiger partial charge in [-0.15, -0.1) is 0 Å². The third-order valence-corrected chi connectivity index (χ3v) is 4.24. The van der Waals surface area contributed by atoms with Crippen LogP contribution < -0.4 is 0 Å². The van der Waals surface area contributed by atoms with E-state index in [0.717, 1.165) is 12.8 Å². The molecule has 2 heterocycles. The van der Waals surface area contributed by atoms with E-state index in [2.05, 4.69) is 34.9 Å². The van der Waals surface area contributed by atoms with Crippen LogP contribution in [-0.2, 0) is 12.8 Å². The van der Waals surface area contributed by atoms with Crippen LogP contribution in [0.15, 0.2) is 24.7 Å². The number of H-pyrrole nitrogens is 1. The van der Waals surface area contributed by atoms with Gasteiger partial charge in [0.25, 0.3) is 0 Å². The van der Waals surface area contributed by atoms with Crippen molar-refractivity contribution in [1.82, 2.24) is 15.0 Å². The maximum Gasteiger partial charge on any atom is 0.0925 e. The van der Waals surface area contributed by atoms with Gasteiger partial charge in [0, 0.05) is 23.5 Å². The second kappa shape index (κ2) is 4.56. The van der Waals surface area contributed by atoms with Crippen molar-refractivity contribution >= 4 is 0 Å². The molecule has 0 aromatic carbocycles. The molecule has 0 fully saturated rings. The first-order valence-electron chi connectivity index (χ1n) is 6.68. The minimum Gasteiger partial charge on any atom is -0.348 e. The summed E-state index contributed by atoms with van der Waals surface area (Å²) in [5, 5.41) is 0. The summed E-state index contributed by atoms with van der Waals surface area (Å²) in [6, 6.07) is 4.26. The van der Waals surface area contributed by atoms with Crippen molar-refractivity contribution in [3.8, 4) is 0 Å². The molecule has 2 aromatic rings. The van der Waals surface area contributed by atoms with Gasteiger partial charge in [0.2, 0.25) is 0 Å². The van der Waals surface area contributed by atoms with E-state index in [0.29, 0.717) is 11.8 Å². The highest BCUT2D eigenvalue weighted by atomic mass is 14.9. The molecule has 1 N–H and O–H groups in total. The van der Waals surface area contributed by atoms with Crippen LogP contribution in [0.5, 0.6) is 0 Å². The van der Waals surface area contributed by atoms with Gasteiger partial charge in [-0.3, -0.25) is 4.98 Å². The van der Waals surface area contributed by atoms with Crippen molar-refractivity contribution in [2.24, 2.45) is 5.92 Å². The number of nitrogens with one attached hydrogen (secondary N) is 1. The molecule has 3 nitrogen and oxygen atoms in total. The molecule has 1 aliphatic carbocycles. The lowest BCUT2D eigenvalue weighted by Gasteiger charge is -2.29. The Bertz CT molecular complexity index is 544. The van der Waals surface area contributed by atoms with Crippen LogP contribution in [0.4, 0.5) is 0 Å². The second-order valence-corrected chi connectivity index (χ2v) is 5.31. The topological polar surface area (TPSA) is 41.6 Å². The van der Waals surface area contributed by atoms with Gasteiger partial charge in [0.1, 0.15) is 0 Å². The summed E-state index contributed by atoms with van der Waals surface area (Å²) in [6.07, 6.45) is 7.17. The number of imidazole rings is 1. The molecule has 0 spiro atoms. The third kappa shape index (κ3) is 1.94. The first-order valence-corrected chi connectivity index (χ1v) is 6.68. The van der Waals surface area contributed by atoms with Crippen molar-refractivity contribution < 1.29 is 0 Å². The SMILES string of the molecule is Cc1[nH]cnc1CC1CCc2cccnc2C1C. The maximum absolute atomic E-state index is 4.57. The van der Waals surface area contributed by atoms with Gasteiger partial charge in [0.05, 0.1) is 12.0 Å². The Labute approximate surface area is 108 Å². The zero-order valence-corrected chi connectivity index (χ0v) is 11.0. The summed E-state index contributed by atoms with van der Waals surface area (Å²) < 4.78 is 0. The molecule has 0 aliphatic heterocycles. The summed E-state index contributed by atoms with van der Waals surface area (Å²) in [4.78, 5) is 12.2. The molecular formula is C15H19N3. The van der Waals surface area contributed by atoms with Gasteiger partial charge in [0.15, 0.2) is 0 Å². The van der Waals surface area contributed by atoms with Crippen molar-refractivity contribution in [3.05, 3.63) is 47.3 Å². The van der Waals surface area contributed by atoms with Crippen LogP contribution in [0, 0.1) is 12.8 Å². The van der Waals surface area contributed by atoms with Crippen molar-refractivity contribution in [3.63, 3.8) is 0 Å². The van der Waals surface area contributed by atoms with E-state index < -0.39 is 0 Å². The fourth-order valence-corrected chi connectivity index (χ4v) is 3.01. The number of rotatable bonds is 2. The second-order valence-electron chi connectivity index (χ2n) is 5.31. The molecule has 0 bridgehead atoms. The third-order valence-electron chi connectivity index (χ3n) is 4.24. The van der Waals surface area contributed by atoms with Crippen molar-refractivity contribution in [2.75, 3.05) is 0 Å². The summed E-state index contributed by atoms with van der Waals surface area (Å²) in [7, 11) is 0. The lowest BCUT2D eigenvalue weighted by molar-refractivity contribution is 0.378. The van der Waals surface area contributed by atoms with E-state index in [1.54, 1.807) is 6.33 Å². The van der Waals surface area contributed by atoms with Crippen molar-refractivity contribution in [2.45, 2.75) is 39.0 Å². The number of nitrogens with zero attached hydrogens (tertiary/aromatic N) is 2. The van der Waals surface area contributed by atoms with Gasteiger partial charge < -0.3 is 4.98 Å². The smallest absolute Gasteiger partial charge is 0.0925 e. The standard InChI is InChI=1S/C15H19N3/c1-10-13(8-14-11(2)17-9-18-14)6-5-12-4-3-7-16-15(10)12/h3-4,7,9-10,13H,5-6,8H2,1-2H3,(H,17,18). The molecule has 18 heavy (non-hydrogen) atoms. The molecule has 0 saturated heterocycles. The molecule has 1 aliphatic rings. The van der Waals surface area contributed by atoms with E-state index in [1.165, 1.54) is 29.1 Å². The highest BCUT2D eigenvalue weighted by Gasteiger charge is 2.27. The zero-order chi connectivity index (χ0) is 12.5. The summed E-state index contributed by atoms with van der Waals surface area (Å²) in [5.41, 5.74) is 5.14. The van der Waals surface area contributed by atoms with Gasteiger partial charge in [-0.1, -0.05) is 13.0 Å². The van der Waals surface area contributed by atoms with Crippen LogP contribution in [0.1, 0.15) is 41.9 Å². The molecule has 2 aromatic heterocycles. The molecule has 2 unspecified atom stereocenters. The summed E-state index contributed by atoms with van der Waals surface area (Å²) >= 11 is 0. The predicted molar refractivity (Wildman–Crippen MR) is 71.5 cm³/mol. The molecule has 94 valence electrons. The Balaban J connectivity index is 1.83. The van der Waals surface area contributed by atoms with Gasteiger partial charge in [-0.05, 0) is 43.7 Å². The van der Waals surface area contributed by atoms with Crippen LogP contribution in [0.2, 0.25) is 0 Å². The molecular weight excluding hydrogens is 222 g/mol. The summed E-state index contributed by atoms with van der Waals surface area (Å²) in [6.45, 7) is 4.40. The Morgan fingerprint density at radius 3 is 3.06 bits per heavy atom. The van der Waals surface area contributed by atoms with Gasteiger partial charge >= 0.3 is 0 Å². The number of aromatic nitrogens is 3. The lowest BCUT2D eigenvalue weighted by atomic mass is 9.76. The van der Waals surface area contributed by atoms with Gasteiger partial charge in [-0.2, -0.15) is 0 Å². The van der Waals surface area contributed by atoms with Crippen LogP contribution in [0.3, 0.4) is 0 Å². The average molecular weight is 241 g/mol. The predicted octanol–water partition coefficient (Wildman–Crippen LogP) is 3.02. The molecule has 0 radical (unpaired) electrons. The number of aromatic amines is 1. The lowest BCUT2D eigenvalue weighted by Crippen LogP contribution is -2.22. The fourth-order valence-electron chi connectivity index (χ4n) is 3.01. The molecule has 3 rings (SSSR count). The van der Waals surface area contributed by atoms with Crippen LogP contribution in [0.25, 0.3) is 0 Å². The number of pyridine rings is 1. The summed E-state index contributed by atoms with van der Waals surface area (Å²) in [5.74, 6) is 1.19. The first kappa shape index (κ1) is 11.5. The fraction of sp³-hybridized carbons (Fsp3) is 0.467.